The summed E-state index contributed by atoms with van der Waals surface area (Å²) in [5, 5.41) is 9.02. The molecule has 1 rings (SSSR count). The van der Waals surface area contributed by atoms with Gasteiger partial charge >= 0.3 is 5.97 Å². The molecule has 3 heteroatoms. The molecule has 0 radical (unpaired) electrons. The predicted octanol–water partition coefficient (Wildman–Crippen LogP) is 2.61. The largest absolute Gasteiger partial charge is 0.481 e. The summed E-state index contributed by atoms with van der Waals surface area (Å²) in [5.41, 5.74) is 0. The SMILES string of the molecule is CC1CCCC(N(C)C(C)C(C)C(=O)O)C1. The fourth-order valence-electron chi connectivity index (χ4n) is 2.66. The summed E-state index contributed by atoms with van der Waals surface area (Å²) in [6.45, 7) is 6.12. The van der Waals surface area contributed by atoms with Crippen LogP contribution in [0.25, 0.3) is 0 Å². The van der Waals surface area contributed by atoms with Gasteiger partial charge in [0.05, 0.1) is 5.92 Å². The van der Waals surface area contributed by atoms with E-state index in [4.69, 9.17) is 5.11 Å². The Bertz CT molecular complexity index is 242. The number of carboxylic acids is 1. The lowest BCUT2D eigenvalue weighted by Gasteiger charge is -2.39. The smallest absolute Gasteiger partial charge is 0.307 e. The molecular weight excluding hydrogens is 202 g/mol. The van der Waals surface area contributed by atoms with Gasteiger partial charge in [0.25, 0.3) is 0 Å². The molecule has 0 spiro atoms. The fraction of sp³-hybridized carbons (Fsp3) is 0.923. The molecule has 0 heterocycles. The van der Waals surface area contributed by atoms with Crippen LogP contribution in [0.3, 0.4) is 0 Å². The Hall–Kier alpha value is -0.570. The molecule has 0 aromatic rings. The highest BCUT2D eigenvalue weighted by Gasteiger charge is 2.29. The maximum atomic E-state index is 11.0. The lowest BCUT2D eigenvalue weighted by molar-refractivity contribution is -0.143. The van der Waals surface area contributed by atoms with E-state index in [1.165, 1.54) is 25.7 Å². The minimum Gasteiger partial charge on any atom is -0.481 e. The molecule has 1 saturated carbocycles. The molecule has 4 unspecified atom stereocenters. The number of carbonyl (C=O) groups is 1. The number of hydrogen-bond donors (Lipinski definition) is 1. The topological polar surface area (TPSA) is 40.5 Å². The average molecular weight is 227 g/mol. The quantitative estimate of drug-likeness (QED) is 0.802. The maximum Gasteiger partial charge on any atom is 0.307 e. The van der Waals surface area contributed by atoms with E-state index in [9.17, 15) is 4.79 Å². The molecular formula is C13H25NO2. The van der Waals surface area contributed by atoms with Crippen LogP contribution in [0.4, 0.5) is 0 Å². The first kappa shape index (κ1) is 13.5. The summed E-state index contributed by atoms with van der Waals surface area (Å²) in [4.78, 5) is 13.2. The second-order valence-corrected chi connectivity index (χ2v) is 5.46. The molecule has 0 saturated heterocycles. The van der Waals surface area contributed by atoms with Crippen molar-refractivity contribution in [3.05, 3.63) is 0 Å². The van der Waals surface area contributed by atoms with E-state index in [0.717, 1.165) is 5.92 Å². The number of nitrogens with zero attached hydrogens (tertiary/aromatic N) is 1. The molecule has 0 bridgehead atoms. The van der Waals surface area contributed by atoms with Gasteiger partial charge in [0.15, 0.2) is 0 Å². The third-order valence-electron chi connectivity index (χ3n) is 4.24. The van der Waals surface area contributed by atoms with Gasteiger partial charge in [0.1, 0.15) is 0 Å². The van der Waals surface area contributed by atoms with Gasteiger partial charge in [0.2, 0.25) is 0 Å². The third-order valence-corrected chi connectivity index (χ3v) is 4.24. The van der Waals surface area contributed by atoms with Crippen LogP contribution in [0.5, 0.6) is 0 Å². The summed E-state index contributed by atoms with van der Waals surface area (Å²) in [7, 11) is 2.08. The standard InChI is InChI=1S/C13H25NO2/c1-9-6-5-7-12(8-9)14(4)11(3)10(2)13(15)16/h9-12H,5-8H2,1-4H3,(H,15,16). The van der Waals surface area contributed by atoms with E-state index in [1.807, 2.05) is 6.92 Å². The minimum absolute atomic E-state index is 0.118. The van der Waals surface area contributed by atoms with Gasteiger partial charge in [-0.25, -0.2) is 0 Å². The lowest BCUT2D eigenvalue weighted by atomic mass is 9.85. The fourth-order valence-corrected chi connectivity index (χ4v) is 2.66. The normalized spacial score (nSPS) is 30.1. The Kier molecular flexibility index (Phi) is 4.78. The highest BCUT2D eigenvalue weighted by Crippen LogP contribution is 2.28. The Morgan fingerprint density at radius 2 is 2.00 bits per heavy atom. The van der Waals surface area contributed by atoms with Crippen LogP contribution in [0.15, 0.2) is 0 Å². The third kappa shape index (κ3) is 3.21. The zero-order chi connectivity index (χ0) is 12.3. The molecule has 0 aromatic carbocycles. The van der Waals surface area contributed by atoms with Crippen molar-refractivity contribution in [2.75, 3.05) is 7.05 Å². The first-order chi connectivity index (χ1) is 7.43. The van der Waals surface area contributed by atoms with Crippen LogP contribution < -0.4 is 0 Å². The van der Waals surface area contributed by atoms with Gasteiger partial charge in [0, 0.05) is 12.1 Å². The Morgan fingerprint density at radius 3 is 2.50 bits per heavy atom. The highest BCUT2D eigenvalue weighted by molar-refractivity contribution is 5.70. The zero-order valence-electron chi connectivity index (χ0n) is 10.9. The van der Waals surface area contributed by atoms with Crippen LogP contribution in [0, 0.1) is 11.8 Å². The van der Waals surface area contributed by atoms with Crippen molar-refractivity contribution in [3.63, 3.8) is 0 Å². The van der Waals surface area contributed by atoms with Crippen LogP contribution in [0.1, 0.15) is 46.5 Å². The molecule has 3 nitrogen and oxygen atoms in total. The molecule has 0 aromatic heterocycles. The molecule has 4 atom stereocenters. The summed E-state index contributed by atoms with van der Waals surface area (Å²) in [6.07, 6.45) is 5.04. The summed E-state index contributed by atoms with van der Waals surface area (Å²) in [6, 6.07) is 0.688. The van der Waals surface area contributed by atoms with E-state index >= 15 is 0 Å². The van der Waals surface area contributed by atoms with Gasteiger partial charge in [-0.2, -0.15) is 0 Å². The van der Waals surface area contributed by atoms with E-state index in [0.29, 0.717) is 6.04 Å². The van der Waals surface area contributed by atoms with E-state index in [1.54, 1.807) is 6.92 Å². The van der Waals surface area contributed by atoms with Gasteiger partial charge in [-0.1, -0.05) is 26.7 Å². The molecule has 1 fully saturated rings. The Balaban J connectivity index is 2.55. The van der Waals surface area contributed by atoms with Crippen LogP contribution in [-0.2, 0) is 4.79 Å². The van der Waals surface area contributed by atoms with Gasteiger partial charge < -0.3 is 5.11 Å². The second-order valence-electron chi connectivity index (χ2n) is 5.46. The monoisotopic (exact) mass is 227 g/mol. The lowest BCUT2D eigenvalue weighted by Crippen LogP contribution is -2.45. The van der Waals surface area contributed by atoms with Gasteiger partial charge in [-0.15, -0.1) is 0 Å². The first-order valence-electron chi connectivity index (χ1n) is 6.38. The summed E-state index contributed by atoms with van der Waals surface area (Å²) in [5.74, 6) is -0.195. The zero-order valence-corrected chi connectivity index (χ0v) is 10.9. The van der Waals surface area contributed by atoms with Crippen LogP contribution in [0.2, 0.25) is 0 Å². The molecule has 16 heavy (non-hydrogen) atoms. The maximum absolute atomic E-state index is 11.0. The summed E-state index contributed by atoms with van der Waals surface area (Å²) < 4.78 is 0. The average Bonchev–Trinajstić information content (AvgIpc) is 2.26. The van der Waals surface area contributed by atoms with Gasteiger partial charge in [-0.3, -0.25) is 9.69 Å². The molecule has 1 N–H and O–H groups in total. The number of rotatable bonds is 4. The molecule has 0 amide bonds. The molecule has 94 valence electrons. The Morgan fingerprint density at radius 1 is 1.38 bits per heavy atom. The van der Waals surface area contributed by atoms with E-state index in [-0.39, 0.29) is 12.0 Å². The van der Waals surface area contributed by atoms with Crippen molar-refractivity contribution < 1.29 is 9.90 Å². The number of hydrogen-bond acceptors (Lipinski definition) is 2. The van der Waals surface area contributed by atoms with Crippen molar-refractivity contribution in [1.82, 2.24) is 4.90 Å². The van der Waals surface area contributed by atoms with Crippen molar-refractivity contribution in [2.24, 2.45) is 11.8 Å². The molecule has 1 aliphatic carbocycles. The summed E-state index contributed by atoms with van der Waals surface area (Å²) >= 11 is 0. The van der Waals surface area contributed by atoms with Crippen LogP contribution >= 0.6 is 0 Å². The van der Waals surface area contributed by atoms with E-state index < -0.39 is 5.97 Å². The van der Waals surface area contributed by atoms with Crippen LogP contribution in [-0.4, -0.2) is 35.1 Å². The van der Waals surface area contributed by atoms with Gasteiger partial charge in [-0.05, 0) is 32.7 Å². The van der Waals surface area contributed by atoms with Crippen molar-refractivity contribution in [1.29, 1.82) is 0 Å². The van der Waals surface area contributed by atoms with Crippen molar-refractivity contribution in [3.8, 4) is 0 Å². The number of carboxylic acid groups (broad SMARTS) is 1. The first-order valence-corrected chi connectivity index (χ1v) is 6.38. The van der Waals surface area contributed by atoms with E-state index in [2.05, 4.69) is 18.9 Å². The molecule has 1 aliphatic rings. The predicted molar refractivity (Wildman–Crippen MR) is 65.4 cm³/mol. The Labute approximate surface area is 98.8 Å². The van der Waals surface area contributed by atoms with Crippen molar-refractivity contribution in [2.45, 2.75) is 58.5 Å². The highest BCUT2D eigenvalue weighted by atomic mass is 16.4. The molecule has 0 aliphatic heterocycles. The number of aliphatic carboxylic acids is 1. The minimum atomic E-state index is -0.691. The van der Waals surface area contributed by atoms with Crippen molar-refractivity contribution >= 4 is 5.97 Å². The second kappa shape index (κ2) is 5.67.